The third kappa shape index (κ3) is 1.22. The minimum Gasteiger partial charge on any atom is -0.234 e. The minimum atomic E-state index is -0.286. The molecular weight excluding hydrogens is 175 g/mol. The average Bonchev–Trinajstić information content (AvgIpc) is 2.46. The highest BCUT2D eigenvalue weighted by molar-refractivity contribution is 8.13. The van der Waals surface area contributed by atoms with Crippen LogP contribution in [0.4, 0.5) is 10.2 Å². The standard InChI is InChI=1S/C8H7FN2S/c1-12-7-3-5-2-6(9)4-10-8(5)11-7/h2,4H,3H2,1H3. The molecule has 0 aliphatic carbocycles. The van der Waals surface area contributed by atoms with Gasteiger partial charge >= 0.3 is 0 Å². The third-order valence-corrected chi connectivity index (χ3v) is 2.42. The molecule has 0 fully saturated rings. The van der Waals surface area contributed by atoms with Crippen molar-refractivity contribution >= 4 is 22.6 Å². The van der Waals surface area contributed by atoms with Crippen molar-refractivity contribution in [3.05, 3.63) is 23.6 Å². The van der Waals surface area contributed by atoms with Crippen LogP contribution in [-0.4, -0.2) is 16.3 Å². The van der Waals surface area contributed by atoms with Gasteiger partial charge in [-0.25, -0.2) is 14.4 Å². The molecule has 2 heterocycles. The largest absolute Gasteiger partial charge is 0.234 e. The lowest BCUT2D eigenvalue weighted by Crippen LogP contribution is -1.90. The maximum Gasteiger partial charge on any atom is 0.156 e. The molecule has 0 aromatic carbocycles. The van der Waals surface area contributed by atoms with Crippen molar-refractivity contribution in [1.29, 1.82) is 0 Å². The first-order valence-electron chi connectivity index (χ1n) is 3.55. The molecule has 2 nitrogen and oxygen atoms in total. The van der Waals surface area contributed by atoms with Gasteiger partial charge in [0.25, 0.3) is 0 Å². The first-order chi connectivity index (χ1) is 5.79. The van der Waals surface area contributed by atoms with Crippen molar-refractivity contribution in [2.75, 3.05) is 6.26 Å². The van der Waals surface area contributed by atoms with Crippen molar-refractivity contribution in [2.24, 2.45) is 4.99 Å². The molecular formula is C8H7FN2S. The van der Waals surface area contributed by atoms with Gasteiger partial charge in [0.2, 0.25) is 0 Å². The summed E-state index contributed by atoms with van der Waals surface area (Å²) in [5.74, 6) is 0.382. The molecule has 2 rings (SSSR count). The lowest BCUT2D eigenvalue weighted by Gasteiger charge is -1.93. The van der Waals surface area contributed by atoms with Crippen LogP contribution in [0.2, 0.25) is 0 Å². The SMILES string of the molecule is CSC1=Nc2ncc(F)cc2C1. The number of hydrogen-bond acceptors (Lipinski definition) is 3. The molecule has 4 heteroatoms. The van der Waals surface area contributed by atoms with Crippen molar-refractivity contribution in [2.45, 2.75) is 6.42 Å². The van der Waals surface area contributed by atoms with Gasteiger partial charge in [-0.15, -0.1) is 11.8 Å². The lowest BCUT2D eigenvalue weighted by atomic mass is 10.2. The maximum absolute atomic E-state index is 12.7. The van der Waals surface area contributed by atoms with E-state index < -0.39 is 0 Å². The molecule has 0 radical (unpaired) electrons. The van der Waals surface area contributed by atoms with Gasteiger partial charge in [0.15, 0.2) is 5.82 Å². The molecule has 0 bridgehead atoms. The second-order valence-electron chi connectivity index (χ2n) is 2.52. The van der Waals surface area contributed by atoms with Gasteiger partial charge in [-0.05, 0) is 12.3 Å². The van der Waals surface area contributed by atoms with Gasteiger partial charge in [-0.3, -0.25) is 0 Å². The number of fused-ring (bicyclic) bond motifs is 1. The summed E-state index contributed by atoms with van der Waals surface area (Å²) in [6.07, 6.45) is 3.88. The van der Waals surface area contributed by atoms with Gasteiger partial charge in [0.05, 0.1) is 11.2 Å². The fourth-order valence-corrected chi connectivity index (χ4v) is 1.62. The van der Waals surface area contributed by atoms with E-state index in [-0.39, 0.29) is 5.82 Å². The van der Waals surface area contributed by atoms with E-state index in [0.717, 1.165) is 17.0 Å². The van der Waals surface area contributed by atoms with Crippen molar-refractivity contribution in [3.8, 4) is 0 Å². The van der Waals surface area contributed by atoms with Crippen molar-refractivity contribution < 1.29 is 4.39 Å². The number of hydrogen-bond donors (Lipinski definition) is 0. The Morgan fingerprint density at radius 3 is 3.17 bits per heavy atom. The Morgan fingerprint density at radius 2 is 2.42 bits per heavy atom. The zero-order chi connectivity index (χ0) is 8.55. The van der Waals surface area contributed by atoms with Crippen LogP contribution < -0.4 is 0 Å². The fourth-order valence-electron chi connectivity index (χ4n) is 1.14. The summed E-state index contributed by atoms with van der Waals surface area (Å²) < 4.78 is 12.7. The van der Waals surface area contributed by atoms with Gasteiger partial charge in [0, 0.05) is 12.0 Å². The molecule has 0 unspecified atom stereocenters. The van der Waals surface area contributed by atoms with Gasteiger partial charge in [-0.1, -0.05) is 0 Å². The topological polar surface area (TPSA) is 25.2 Å². The quantitative estimate of drug-likeness (QED) is 0.614. The first kappa shape index (κ1) is 7.73. The summed E-state index contributed by atoms with van der Waals surface area (Å²) in [4.78, 5) is 8.09. The van der Waals surface area contributed by atoms with E-state index in [2.05, 4.69) is 9.98 Å². The molecule has 0 amide bonds. The number of rotatable bonds is 0. The Labute approximate surface area is 73.9 Å². The summed E-state index contributed by atoms with van der Waals surface area (Å²) in [6.45, 7) is 0. The third-order valence-electron chi connectivity index (χ3n) is 1.72. The van der Waals surface area contributed by atoms with Crippen LogP contribution in [0.25, 0.3) is 0 Å². The zero-order valence-corrected chi connectivity index (χ0v) is 7.36. The normalized spacial score (nSPS) is 14.3. The van der Waals surface area contributed by atoms with Crippen molar-refractivity contribution in [3.63, 3.8) is 0 Å². The molecule has 0 saturated carbocycles. The smallest absolute Gasteiger partial charge is 0.156 e. The Hall–Kier alpha value is -0.900. The first-order valence-corrected chi connectivity index (χ1v) is 4.78. The second kappa shape index (κ2) is 2.86. The summed E-state index contributed by atoms with van der Waals surface area (Å²) in [7, 11) is 0. The fraction of sp³-hybridized carbons (Fsp3) is 0.250. The van der Waals surface area contributed by atoms with E-state index in [1.54, 1.807) is 11.8 Å². The Balaban J connectivity index is 2.40. The van der Waals surface area contributed by atoms with Crippen molar-refractivity contribution in [1.82, 2.24) is 4.98 Å². The van der Waals surface area contributed by atoms with Crippen LogP contribution in [0, 0.1) is 5.82 Å². The molecule has 0 saturated heterocycles. The summed E-state index contributed by atoms with van der Waals surface area (Å²) in [5.41, 5.74) is 0.888. The maximum atomic E-state index is 12.7. The predicted molar refractivity (Wildman–Crippen MR) is 48.5 cm³/mol. The molecule has 1 aromatic heterocycles. The van der Waals surface area contributed by atoms with E-state index >= 15 is 0 Å². The van der Waals surface area contributed by atoms with Crippen LogP contribution in [0.3, 0.4) is 0 Å². The van der Waals surface area contributed by atoms with Crippen LogP contribution in [0.15, 0.2) is 17.3 Å². The summed E-state index contributed by atoms with van der Waals surface area (Å²) in [5, 5.41) is 1.00. The molecule has 12 heavy (non-hydrogen) atoms. The van der Waals surface area contributed by atoms with Crippen LogP contribution in [0.5, 0.6) is 0 Å². The summed E-state index contributed by atoms with van der Waals surface area (Å²) >= 11 is 1.58. The van der Waals surface area contributed by atoms with Gasteiger partial charge < -0.3 is 0 Å². The molecule has 1 aliphatic rings. The Morgan fingerprint density at radius 1 is 1.58 bits per heavy atom. The highest BCUT2D eigenvalue weighted by atomic mass is 32.2. The molecule has 0 atom stereocenters. The minimum absolute atomic E-state index is 0.286. The van der Waals surface area contributed by atoms with E-state index in [9.17, 15) is 4.39 Å². The zero-order valence-electron chi connectivity index (χ0n) is 6.54. The van der Waals surface area contributed by atoms with E-state index in [0.29, 0.717) is 5.82 Å². The number of aliphatic imine (C=N–C) groups is 1. The number of halogens is 1. The summed E-state index contributed by atoms with van der Waals surface area (Å²) in [6, 6.07) is 1.50. The Kier molecular flexibility index (Phi) is 1.84. The number of thioether (sulfide) groups is 1. The Bertz CT molecular complexity index is 349. The molecule has 1 aromatic rings. The second-order valence-corrected chi connectivity index (χ2v) is 3.40. The van der Waals surface area contributed by atoms with E-state index in [1.807, 2.05) is 6.26 Å². The monoisotopic (exact) mass is 182 g/mol. The average molecular weight is 182 g/mol. The molecule has 1 aliphatic heterocycles. The number of aromatic nitrogens is 1. The highest BCUT2D eigenvalue weighted by Crippen LogP contribution is 2.27. The van der Waals surface area contributed by atoms with Gasteiger partial charge in [-0.2, -0.15) is 0 Å². The van der Waals surface area contributed by atoms with Crippen LogP contribution in [-0.2, 0) is 6.42 Å². The highest BCUT2D eigenvalue weighted by Gasteiger charge is 2.15. The van der Waals surface area contributed by atoms with Crippen LogP contribution in [0.1, 0.15) is 5.56 Å². The predicted octanol–water partition coefficient (Wildman–Crippen LogP) is 2.17. The number of pyridine rings is 1. The molecule has 0 N–H and O–H groups in total. The number of nitrogens with zero attached hydrogens (tertiary/aromatic N) is 2. The van der Waals surface area contributed by atoms with Crippen LogP contribution >= 0.6 is 11.8 Å². The molecule has 0 spiro atoms. The van der Waals surface area contributed by atoms with E-state index in [1.165, 1.54) is 12.3 Å². The molecule has 62 valence electrons. The lowest BCUT2D eigenvalue weighted by molar-refractivity contribution is 0.620. The van der Waals surface area contributed by atoms with E-state index in [4.69, 9.17) is 0 Å². The van der Waals surface area contributed by atoms with Gasteiger partial charge in [0.1, 0.15) is 5.82 Å².